The van der Waals surface area contributed by atoms with E-state index in [9.17, 15) is 4.79 Å². The van der Waals surface area contributed by atoms with Crippen molar-refractivity contribution in [3.63, 3.8) is 0 Å². The monoisotopic (exact) mass is 296 g/mol. The fraction of sp³-hybridized carbons (Fsp3) is 0.0556. The van der Waals surface area contributed by atoms with Gasteiger partial charge in [-0.15, -0.1) is 0 Å². The van der Waals surface area contributed by atoms with E-state index in [0.717, 1.165) is 17.2 Å². The van der Waals surface area contributed by atoms with Gasteiger partial charge in [0.15, 0.2) is 0 Å². The maximum absolute atomic E-state index is 11.1. The zero-order chi connectivity index (χ0) is 15.8. The molecule has 0 N–H and O–H groups in total. The van der Waals surface area contributed by atoms with Crippen molar-refractivity contribution in [1.82, 2.24) is 0 Å². The second-order valence-electron chi connectivity index (χ2n) is 4.27. The van der Waals surface area contributed by atoms with Crippen LogP contribution in [0.2, 0.25) is 0 Å². The normalized spacial score (nSPS) is 9.64. The third-order valence-electron chi connectivity index (χ3n) is 2.84. The first-order valence-corrected chi connectivity index (χ1v) is 6.63. The lowest BCUT2D eigenvalue weighted by atomic mass is 10.1. The predicted octanol–water partition coefficient (Wildman–Crippen LogP) is 3.94. The van der Waals surface area contributed by atoms with Gasteiger partial charge in [0.1, 0.15) is 11.5 Å². The van der Waals surface area contributed by atoms with Crippen molar-refractivity contribution in [2.45, 2.75) is 0 Å². The van der Waals surface area contributed by atoms with Crippen molar-refractivity contribution >= 4 is 5.97 Å². The Balaban J connectivity index is 2.03. The summed E-state index contributed by atoms with van der Waals surface area (Å²) >= 11 is 0. The Morgan fingerprint density at radius 1 is 0.909 bits per heavy atom. The van der Waals surface area contributed by atoms with Gasteiger partial charge >= 0.3 is 5.97 Å². The smallest absolute Gasteiger partial charge is 0.335 e. The van der Waals surface area contributed by atoms with Crippen LogP contribution in [-0.2, 0) is 9.53 Å². The number of carbonyl (C=O) groups is 1. The highest BCUT2D eigenvalue weighted by Gasteiger charge is 2.02. The van der Waals surface area contributed by atoms with Gasteiger partial charge in [-0.1, -0.05) is 37.4 Å². The molecule has 2 rings (SSSR count). The van der Waals surface area contributed by atoms with Gasteiger partial charge < -0.3 is 14.2 Å². The van der Waals surface area contributed by atoms with Crippen LogP contribution in [0.3, 0.4) is 0 Å². The predicted molar refractivity (Wildman–Crippen MR) is 84.5 cm³/mol. The van der Waals surface area contributed by atoms with Gasteiger partial charge in [-0.05, 0) is 35.4 Å². The first-order chi connectivity index (χ1) is 10.7. The molecule has 0 spiro atoms. The zero-order valence-corrected chi connectivity index (χ0v) is 12.0. The lowest BCUT2D eigenvalue weighted by Gasteiger charge is -2.07. The van der Waals surface area contributed by atoms with E-state index in [1.54, 1.807) is 12.1 Å². The minimum absolute atomic E-state index is 0.131. The van der Waals surface area contributed by atoms with Crippen LogP contribution in [0.4, 0.5) is 0 Å². The SMILES string of the molecule is C=COCOc1ccc(-c2ccc(OC(=O)C=C)cc2)cc1. The van der Waals surface area contributed by atoms with Crippen molar-refractivity contribution in [1.29, 1.82) is 0 Å². The van der Waals surface area contributed by atoms with E-state index in [1.165, 1.54) is 6.26 Å². The number of carbonyl (C=O) groups excluding carboxylic acids is 1. The largest absolute Gasteiger partial charge is 0.466 e. The van der Waals surface area contributed by atoms with Gasteiger partial charge in [0, 0.05) is 6.08 Å². The number of ether oxygens (including phenoxy) is 3. The number of rotatable bonds is 7. The summed E-state index contributed by atoms with van der Waals surface area (Å²) in [6, 6.07) is 14.8. The second-order valence-corrected chi connectivity index (χ2v) is 4.27. The lowest BCUT2D eigenvalue weighted by Crippen LogP contribution is -2.02. The molecule has 22 heavy (non-hydrogen) atoms. The molecule has 2 aromatic carbocycles. The Hall–Kier alpha value is -3.01. The van der Waals surface area contributed by atoms with Crippen molar-refractivity contribution in [3.05, 3.63) is 74.0 Å². The number of hydrogen-bond acceptors (Lipinski definition) is 4. The van der Waals surface area contributed by atoms with E-state index >= 15 is 0 Å². The molecule has 0 unspecified atom stereocenters. The molecular weight excluding hydrogens is 280 g/mol. The van der Waals surface area contributed by atoms with E-state index in [2.05, 4.69) is 13.2 Å². The number of esters is 1. The molecule has 0 saturated heterocycles. The van der Waals surface area contributed by atoms with Gasteiger partial charge in [-0.3, -0.25) is 0 Å². The van der Waals surface area contributed by atoms with E-state index in [4.69, 9.17) is 14.2 Å². The Morgan fingerprint density at radius 3 is 1.95 bits per heavy atom. The molecular formula is C18H16O4. The van der Waals surface area contributed by atoms with Crippen LogP contribution in [0.5, 0.6) is 11.5 Å². The molecule has 112 valence electrons. The van der Waals surface area contributed by atoms with E-state index in [-0.39, 0.29) is 6.79 Å². The third-order valence-corrected chi connectivity index (χ3v) is 2.84. The van der Waals surface area contributed by atoms with Crippen LogP contribution in [0.1, 0.15) is 0 Å². The lowest BCUT2D eigenvalue weighted by molar-refractivity contribution is -0.128. The summed E-state index contributed by atoms with van der Waals surface area (Å²) in [4.78, 5) is 11.1. The van der Waals surface area contributed by atoms with Crippen molar-refractivity contribution in [2.75, 3.05) is 6.79 Å². The Labute approximate surface area is 129 Å². The summed E-state index contributed by atoms with van der Waals surface area (Å²) in [6.45, 7) is 6.92. The molecule has 0 heterocycles. The topological polar surface area (TPSA) is 44.8 Å². The van der Waals surface area contributed by atoms with Gasteiger partial charge in [0.2, 0.25) is 6.79 Å². The van der Waals surface area contributed by atoms with Crippen LogP contribution < -0.4 is 9.47 Å². The highest BCUT2D eigenvalue weighted by Crippen LogP contribution is 2.24. The van der Waals surface area contributed by atoms with Crippen molar-refractivity contribution < 1.29 is 19.0 Å². The van der Waals surface area contributed by atoms with E-state index in [0.29, 0.717) is 11.5 Å². The molecule has 0 bridgehead atoms. The summed E-state index contributed by atoms with van der Waals surface area (Å²) in [6.07, 6.45) is 2.46. The first kappa shape index (κ1) is 15.4. The Morgan fingerprint density at radius 2 is 1.45 bits per heavy atom. The molecule has 0 aliphatic rings. The molecule has 4 heteroatoms. The summed E-state index contributed by atoms with van der Waals surface area (Å²) in [5.74, 6) is 0.716. The van der Waals surface area contributed by atoms with Crippen LogP contribution in [-0.4, -0.2) is 12.8 Å². The van der Waals surface area contributed by atoms with Gasteiger partial charge in [-0.2, -0.15) is 0 Å². The van der Waals surface area contributed by atoms with Gasteiger partial charge in [0.05, 0.1) is 6.26 Å². The molecule has 2 aromatic rings. The Kier molecular flexibility index (Phi) is 5.37. The van der Waals surface area contributed by atoms with Gasteiger partial charge in [0.25, 0.3) is 0 Å². The summed E-state index contributed by atoms with van der Waals surface area (Å²) < 4.78 is 15.3. The van der Waals surface area contributed by atoms with Crippen LogP contribution in [0.15, 0.2) is 74.0 Å². The molecule has 0 saturated carbocycles. The number of hydrogen-bond donors (Lipinski definition) is 0. The van der Waals surface area contributed by atoms with E-state index < -0.39 is 5.97 Å². The summed E-state index contributed by atoms with van der Waals surface area (Å²) in [5, 5.41) is 0. The quantitative estimate of drug-likeness (QED) is 0.194. The number of benzene rings is 2. The zero-order valence-electron chi connectivity index (χ0n) is 12.0. The van der Waals surface area contributed by atoms with Crippen molar-refractivity contribution in [2.24, 2.45) is 0 Å². The third kappa shape index (κ3) is 4.24. The highest BCUT2D eigenvalue weighted by atomic mass is 16.7. The summed E-state index contributed by atoms with van der Waals surface area (Å²) in [5.41, 5.74) is 2.03. The first-order valence-electron chi connectivity index (χ1n) is 6.63. The minimum Gasteiger partial charge on any atom is -0.466 e. The molecule has 0 aliphatic heterocycles. The average molecular weight is 296 g/mol. The molecule has 0 radical (unpaired) electrons. The van der Waals surface area contributed by atoms with Crippen LogP contribution >= 0.6 is 0 Å². The fourth-order valence-electron chi connectivity index (χ4n) is 1.77. The Bertz CT molecular complexity index is 642. The van der Waals surface area contributed by atoms with Crippen LogP contribution in [0.25, 0.3) is 11.1 Å². The maximum atomic E-state index is 11.1. The molecule has 4 nitrogen and oxygen atoms in total. The van der Waals surface area contributed by atoms with Gasteiger partial charge in [-0.25, -0.2) is 4.79 Å². The standard InChI is InChI=1S/C18H16O4/c1-3-18(19)22-17-11-7-15(8-12-17)14-5-9-16(10-6-14)21-13-20-4-2/h3-12H,1-2,13H2. The highest BCUT2D eigenvalue weighted by molar-refractivity contribution is 5.83. The van der Waals surface area contributed by atoms with E-state index in [1.807, 2.05) is 36.4 Å². The molecule has 0 aliphatic carbocycles. The van der Waals surface area contributed by atoms with Crippen LogP contribution in [0, 0.1) is 0 Å². The fourth-order valence-corrected chi connectivity index (χ4v) is 1.77. The average Bonchev–Trinajstić information content (AvgIpc) is 2.56. The summed E-state index contributed by atoms with van der Waals surface area (Å²) in [7, 11) is 0. The van der Waals surface area contributed by atoms with Crippen molar-refractivity contribution in [3.8, 4) is 22.6 Å². The minimum atomic E-state index is -0.476. The molecule has 0 aromatic heterocycles. The second kappa shape index (κ2) is 7.69. The molecule has 0 atom stereocenters. The molecule has 0 fully saturated rings. The maximum Gasteiger partial charge on any atom is 0.335 e. The molecule has 0 amide bonds.